The van der Waals surface area contributed by atoms with Gasteiger partial charge in [-0.3, -0.25) is 14.5 Å². The summed E-state index contributed by atoms with van der Waals surface area (Å²) in [6, 6.07) is 4.46. The fraction of sp³-hybridized carbons (Fsp3) is 0.556. The first-order valence-electron chi connectivity index (χ1n) is 9.00. The maximum absolute atomic E-state index is 13.1. The largest absolute Gasteiger partial charge is 0.482 e. The number of nitrogens with zero attached hydrogens (tertiary/aromatic N) is 2. The molecule has 1 aromatic rings. The Morgan fingerprint density at radius 2 is 1.93 bits per heavy atom. The normalized spacial score (nSPS) is 23.5. The van der Waals surface area contributed by atoms with Gasteiger partial charge in [0.05, 0.1) is 10.6 Å². The summed E-state index contributed by atoms with van der Waals surface area (Å²) in [6.07, 6.45) is 0.998. The number of carbonyl (C=O) groups excluding carboxylic acids is 2. The minimum atomic E-state index is -3.70. The van der Waals surface area contributed by atoms with Gasteiger partial charge in [-0.2, -0.15) is 4.31 Å². The molecule has 0 aliphatic carbocycles. The quantitative estimate of drug-likeness (QED) is 0.814. The van der Waals surface area contributed by atoms with Crippen molar-refractivity contribution in [2.24, 2.45) is 11.8 Å². The van der Waals surface area contributed by atoms with Crippen LogP contribution in [0.25, 0.3) is 0 Å². The van der Waals surface area contributed by atoms with Gasteiger partial charge in [-0.15, -0.1) is 0 Å². The number of piperidine rings is 1. The second-order valence-electron chi connectivity index (χ2n) is 7.34. The van der Waals surface area contributed by atoms with Gasteiger partial charge in [0.15, 0.2) is 6.61 Å². The average molecular weight is 395 g/mol. The van der Waals surface area contributed by atoms with E-state index in [1.807, 2.05) is 13.8 Å². The van der Waals surface area contributed by atoms with E-state index < -0.39 is 10.0 Å². The van der Waals surface area contributed by atoms with E-state index in [9.17, 15) is 18.0 Å². The molecule has 8 nitrogen and oxygen atoms in total. The molecule has 9 heteroatoms. The predicted octanol–water partition coefficient (Wildman–Crippen LogP) is 0.825. The summed E-state index contributed by atoms with van der Waals surface area (Å²) in [5.74, 6) is 0.230. The van der Waals surface area contributed by atoms with Crippen molar-refractivity contribution < 1.29 is 22.7 Å². The summed E-state index contributed by atoms with van der Waals surface area (Å²) in [7, 11) is -2.22. The highest BCUT2D eigenvalue weighted by Gasteiger charge is 2.34. The van der Waals surface area contributed by atoms with Gasteiger partial charge in [0.1, 0.15) is 12.3 Å². The molecule has 2 aliphatic rings. The molecule has 0 bridgehead atoms. The van der Waals surface area contributed by atoms with Gasteiger partial charge in [0, 0.05) is 20.1 Å². The van der Waals surface area contributed by atoms with Crippen LogP contribution in [-0.4, -0.2) is 57.8 Å². The van der Waals surface area contributed by atoms with Crippen molar-refractivity contribution in [3.8, 4) is 5.75 Å². The first-order valence-corrected chi connectivity index (χ1v) is 10.4. The third kappa shape index (κ3) is 3.93. The molecule has 2 heterocycles. The molecule has 1 saturated heterocycles. The third-order valence-corrected chi connectivity index (χ3v) is 6.75. The maximum Gasteiger partial charge on any atom is 0.265 e. The van der Waals surface area contributed by atoms with E-state index in [0.717, 1.165) is 6.42 Å². The first kappa shape index (κ1) is 19.6. The number of benzene rings is 1. The van der Waals surface area contributed by atoms with Crippen LogP contribution in [0.4, 0.5) is 5.69 Å². The van der Waals surface area contributed by atoms with E-state index >= 15 is 0 Å². The SMILES string of the molecule is CNC(=O)CN1C(=O)COc2ccc(S(=O)(=O)N3C[C@@H](C)C[C@H](C)C3)cc21. The van der Waals surface area contributed by atoms with Crippen molar-refractivity contribution in [2.75, 3.05) is 38.2 Å². The zero-order chi connectivity index (χ0) is 19.8. The number of anilines is 1. The van der Waals surface area contributed by atoms with E-state index in [4.69, 9.17) is 4.74 Å². The number of amides is 2. The zero-order valence-electron chi connectivity index (χ0n) is 15.8. The van der Waals surface area contributed by atoms with Gasteiger partial charge in [0.2, 0.25) is 15.9 Å². The summed E-state index contributed by atoms with van der Waals surface area (Å²) in [4.78, 5) is 25.3. The Morgan fingerprint density at radius 3 is 2.56 bits per heavy atom. The summed E-state index contributed by atoms with van der Waals surface area (Å²) in [6.45, 7) is 4.66. The van der Waals surface area contributed by atoms with E-state index in [1.54, 1.807) is 6.07 Å². The molecule has 0 spiro atoms. The molecule has 3 rings (SSSR count). The molecule has 0 aromatic heterocycles. The number of carbonyl (C=O) groups is 2. The number of hydrogen-bond acceptors (Lipinski definition) is 5. The molecule has 1 fully saturated rings. The Hall–Kier alpha value is -2.13. The van der Waals surface area contributed by atoms with Crippen molar-refractivity contribution in [3.63, 3.8) is 0 Å². The van der Waals surface area contributed by atoms with Crippen LogP contribution >= 0.6 is 0 Å². The number of fused-ring (bicyclic) bond motifs is 1. The number of rotatable bonds is 4. The van der Waals surface area contributed by atoms with E-state index in [2.05, 4.69) is 5.32 Å². The molecule has 2 amide bonds. The van der Waals surface area contributed by atoms with Crippen molar-refractivity contribution >= 4 is 27.5 Å². The highest BCUT2D eigenvalue weighted by atomic mass is 32.2. The Balaban J connectivity index is 1.96. The molecule has 2 aliphatic heterocycles. The summed E-state index contributed by atoms with van der Waals surface area (Å²) >= 11 is 0. The minimum absolute atomic E-state index is 0.0998. The smallest absolute Gasteiger partial charge is 0.265 e. The Bertz CT molecular complexity index is 845. The number of ether oxygens (including phenoxy) is 1. The van der Waals surface area contributed by atoms with Crippen LogP contribution < -0.4 is 15.0 Å². The second-order valence-corrected chi connectivity index (χ2v) is 9.28. The Kier molecular flexibility index (Phi) is 5.43. The van der Waals surface area contributed by atoms with Crippen LogP contribution in [0, 0.1) is 11.8 Å². The molecule has 2 atom stereocenters. The van der Waals surface area contributed by atoms with Crippen molar-refractivity contribution in [3.05, 3.63) is 18.2 Å². The van der Waals surface area contributed by atoms with Gasteiger partial charge >= 0.3 is 0 Å². The van der Waals surface area contributed by atoms with Crippen molar-refractivity contribution in [1.29, 1.82) is 0 Å². The average Bonchev–Trinajstić information content (AvgIpc) is 2.62. The molecular weight excluding hydrogens is 370 g/mol. The molecule has 1 N–H and O–H groups in total. The third-order valence-electron chi connectivity index (χ3n) is 4.93. The summed E-state index contributed by atoms with van der Waals surface area (Å²) in [5.41, 5.74) is 0.300. The zero-order valence-corrected chi connectivity index (χ0v) is 16.6. The molecular formula is C18H25N3O5S. The van der Waals surface area contributed by atoms with Crippen LogP contribution in [0.3, 0.4) is 0 Å². The lowest BCUT2D eigenvalue weighted by Crippen LogP contribution is -2.45. The van der Waals surface area contributed by atoms with Gasteiger partial charge < -0.3 is 10.1 Å². The van der Waals surface area contributed by atoms with Crippen molar-refractivity contribution in [2.45, 2.75) is 25.2 Å². The fourth-order valence-corrected chi connectivity index (χ4v) is 5.39. The first-order chi connectivity index (χ1) is 12.7. The second kappa shape index (κ2) is 7.47. The molecule has 1 aromatic carbocycles. The van der Waals surface area contributed by atoms with E-state index in [0.29, 0.717) is 24.5 Å². The van der Waals surface area contributed by atoms with Gasteiger partial charge in [-0.25, -0.2) is 8.42 Å². The maximum atomic E-state index is 13.1. The highest BCUT2D eigenvalue weighted by molar-refractivity contribution is 7.89. The highest BCUT2D eigenvalue weighted by Crippen LogP contribution is 2.36. The minimum Gasteiger partial charge on any atom is -0.482 e. The standard InChI is InChI=1S/C18H25N3O5S/c1-12-6-13(2)9-20(8-12)27(24,25)14-4-5-16-15(7-14)21(10-17(22)19-3)18(23)11-26-16/h4-5,7,12-13H,6,8-11H2,1-3H3,(H,19,22)/t12-,13-/m0/s1. The van der Waals surface area contributed by atoms with Gasteiger partial charge in [-0.05, 0) is 36.5 Å². The van der Waals surface area contributed by atoms with Crippen LogP contribution in [0.15, 0.2) is 23.1 Å². The van der Waals surface area contributed by atoms with E-state index in [1.165, 1.54) is 28.4 Å². The number of sulfonamides is 1. The lowest BCUT2D eigenvalue weighted by Gasteiger charge is -2.34. The molecule has 0 unspecified atom stereocenters. The van der Waals surface area contributed by atoms with Crippen LogP contribution in [0.5, 0.6) is 5.75 Å². The number of nitrogens with one attached hydrogen (secondary N) is 1. The molecule has 0 radical (unpaired) electrons. The van der Waals surface area contributed by atoms with E-state index in [-0.39, 0.29) is 41.7 Å². The molecule has 27 heavy (non-hydrogen) atoms. The van der Waals surface area contributed by atoms with Crippen LogP contribution in [0.1, 0.15) is 20.3 Å². The number of likely N-dealkylation sites (N-methyl/N-ethyl adjacent to an activating group) is 1. The topological polar surface area (TPSA) is 96.0 Å². The Morgan fingerprint density at radius 1 is 1.26 bits per heavy atom. The summed E-state index contributed by atoms with van der Waals surface area (Å²) in [5, 5.41) is 2.47. The number of hydrogen-bond donors (Lipinski definition) is 1. The summed E-state index contributed by atoms with van der Waals surface area (Å²) < 4.78 is 33.2. The van der Waals surface area contributed by atoms with Gasteiger partial charge in [0.25, 0.3) is 5.91 Å². The van der Waals surface area contributed by atoms with Gasteiger partial charge in [-0.1, -0.05) is 13.8 Å². The monoisotopic (exact) mass is 395 g/mol. The molecule has 148 valence electrons. The lowest BCUT2D eigenvalue weighted by molar-refractivity contribution is -0.125. The van der Waals surface area contributed by atoms with Crippen LogP contribution in [-0.2, 0) is 19.6 Å². The lowest BCUT2D eigenvalue weighted by atomic mass is 9.94. The van der Waals surface area contributed by atoms with Crippen molar-refractivity contribution in [1.82, 2.24) is 9.62 Å². The molecule has 0 saturated carbocycles. The Labute approximate surface area is 159 Å². The fourth-order valence-electron chi connectivity index (χ4n) is 3.69. The predicted molar refractivity (Wildman–Crippen MR) is 100 cm³/mol. The van der Waals surface area contributed by atoms with Crippen LogP contribution in [0.2, 0.25) is 0 Å².